The first-order valence-corrected chi connectivity index (χ1v) is 8.23. The highest BCUT2D eigenvalue weighted by atomic mass is 32.1. The molecule has 0 aliphatic heterocycles. The molecule has 24 heavy (non-hydrogen) atoms. The van der Waals surface area contributed by atoms with Crippen LogP contribution in [-0.2, 0) is 4.74 Å². The monoisotopic (exact) mass is 351 g/mol. The predicted molar refractivity (Wildman–Crippen MR) is 95.8 cm³/mol. The third kappa shape index (κ3) is 3.70. The third-order valence-corrected chi connectivity index (χ3v) is 4.25. The topological polar surface area (TPSA) is 117 Å². The zero-order valence-electron chi connectivity index (χ0n) is 14.1. The van der Waals surface area contributed by atoms with Crippen molar-refractivity contribution in [3.63, 3.8) is 0 Å². The van der Waals surface area contributed by atoms with Gasteiger partial charge in [-0.2, -0.15) is 0 Å². The summed E-state index contributed by atoms with van der Waals surface area (Å²) >= 11 is 1.11. The summed E-state index contributed by atoms with van der Waals surface area (Å²) in [5.74, 6) is -0.0946. The highest BCUT2D eigenvalue weighted by Crippen LogP contribution is 2.43. The van der Waals surface area contributed by atoms with E-state index in [0.29, 0.717) is 28.1 Å². The second-order valence-corrected chi connectivity index (χ2v) is 7.11. The number of ether oxygens (including phenoxy) is 2. The SMILES string of the molecule is CCOc1ccc(NC(=O)OC(C)(C)C)c2sc(C(N)=O)c(N)c12. The van der Waals surface area contributed by atoms with Gasteiger partial charge >= 0.3 is 6.09 Å². The smallest absolute Gasteiger partial charge is 0.412 e. The molecule has 0 fully saturated rings. The number of nitrogen functional groups attached to an aromatic ring is 1. The van der Waals surface area contributed by atoms with Crippen molar-refractivity contribution < 1.29 is 19.1 Å². The van der Waals surface area contributed by atoms with E-state index in [4.69, 9.17) is 20.9 Å². The van der Waals surface area contributed by atoms with Crippen LogP contribution in [0.2, 0.25) is 0 Å². The van der Waals surface area contributed by atoms with Crippen molar-refractivity contribution >= 4 is 44.8 Å². The minimum absolute atomic E-state index is 0.226. The number of benzene rings is 1. The Hall–Kier alpha value is -2.48. The molecule has 2 aromatic rings. The van der Waals surface area contributed by atoms with Gasteiger partial charge in [-0.1, -0.05) is 0 Å². The second kappa shape index (κ2) is 6.56. The average Bonchev–Trinajstić information content (AvgIpc) is 2.78. The fourth-order valence-corrected chi connectivity index (χ4v) is 3.23. The lowest BCUT2D eigenvalue weighted by atomic mass is 10.1. The molecule has 5 N–H and O–H groups in total. The van der Waals surface area contributed by atoms with Crippen LogP contribution in [0.3, 0.4) is 0 Å². The standard InChI is InChI=1S/C16H21N3O4S/c1-5-22-9-7-6-8(19-15(21)23-16(2,3)4)12-10(9)11(17)13(24-12)14(18)20/h6-7H,5,17H2,1-4H3,(H2,18,20)(H,19,21). The van der Waals surface area contributed by atoms with E-state index >= 15 is 0 Å². The second-order valence-electron chi connectivity index (χ2n) is 6.08. The van der Waals surface area contributed by atoms with Crippen molar-refractivity contribution in [3.8, 4) is 5.75 Å². The Kier molecular flexibility index (Phi) is 4.88. The molecule has 2 amide bonds. The molecule has 0 bridgehead atoms. The minimum atomic E-state index is -0.626. The van der Waals surface area contributed by atoms with E-state index in [1.165, 1.54) is 0 Å². The predicted octanol–water partition coefficient (Wildman–Crippen LogP) is 3.33. The van der Waals surface area contributed by atoms with E-state index in [-0.39, 0.29) is 10.6 Å². The van der Waals surface area contributed by atoms with Gasteiger partial charge in [0.05, 0.1) is 28.1 Å². The summed E-state index contributed by atoms with van der Waals surface area (Å²) in [7, 11) is 0. The average molecular weight is 351 g/mol. The first kappa shape index (κ1) is 17.9. The number of hydrogen-bond donors (Lipinski definition) is 3. The molecule has 0 atom stereocenters. The van der Waals surface area contributed by atoms with E-state index in [1.807, 2.05) is 6.92 Å². The van der Waals surface area contributed by atoms with E-state index in [0.717, 1.165) is 11.3 Å². The zero-order valence-corrected chi connectivity index (χ0v) is 14.9. The molecule has 2 rings (SSSR count). The first-order chi connectivity index (χ1) is 11.1. The van der Waals surface area contributed by atoms with Crippen LogP contribution in [0.1, 0.15) is 37.4 Å². The number of carbonyl (C=O) groups is 2. The normalized spacial score (nSPS) is 11.3. The lowest BCUT2D eigenvalue weighted by molar-refractivity contribution is 0.0636. The Bertz CT molecular complexity index is 793. The summed E-state index contributed by atoms with van der Waals surface area (Å²) < 4.78 is 11.4. The minimum Gasteiger partial charge on any atom is -0.493 e. The molecular weight excluding hydrogens is 330 g/mol. The molecule has 1 heterocycles. The molecule has 0 spiro atoms. The molecule has 0 radical (unpaired) electrons. The van der Waals surface area contributed by atoms with Crippen LogP contribution in [-0.4, -0.2) is 24.2 Å². The molecule has 0 aliphatic carbocycles. The number of anilines is 2. The van der Waals surface area contributed by atoms with Gasteiger partial charge < -0.3 is 20.9 Å². The Morgan fingerprint density at radius 2 is 1.96 bits per heavy atom. The van der Waals surface area contributed by atoms with E-state index in [1.54, 1.807) is 32.9 Å². The molecule has 0 aliphatic rings. The van der Waals surface area contributed by atoms with Gasteiger partial charge in [0.15, 0.2) is 0 Å². The van der Waals surface area contributed by atoms with Crippen LogP contribution in [0, 0.1) is 0 Å². The Labute approximate surface area is 143 Å². The van der Waals surface area contributed by atoms with Gasteiger partial charge in [0.1, 0.15) is 16.2 Å². The van der Waals surface area contributed by atoms with E-state index in [9.17, 15) is 9.59 Å². The van der Waals surface area contributed by atoms with Crippen LogP contribution < -0.4 is 21.5 Å². The van der Waals surface area contributed by atoms with Gasteiger partial charge in [-0.3, -0.25) is 10.1 Å². The van der Waals surface area contributed by atoms with Crippen LogP contribution in [0.15, 0.2) is 12.1 Å². The number of nitrogens with two attached hydrogens (primary N) is 2. The fraction of sp³-hybridized carbons (Fsp3) is 0.375. The maximum atomic E-state index is 12.0. The van der Waals surface area contributed by atoms with Crippen molar-refractivity contribution in [1.29, 1.82) is 0 Å². The van der Waals surface area contributed by atoms with Crippen molar-refractivity contribution in [2.24, 2.45) is 5.73 Å². The Balaban J connectivity index is 2.52. The number of thiophene rings is 1. The number of primary amides is 1. The van der Waals surface area contributed by atoms with Crippen LogP contribution in [0.5, 0.6) is 5.75 Å². The molecule has 0 saturated heterocycles. The molecular formula is C16H21N3O4S. The summed E-state index contributed by atoms with van der Waals surface area (Å²) in [4.78, 5) is 23.8. The van der Waals surface area contributed by atoms with Gasteiger partial charge in [-0.15, -0.1) is 11.3 Å². The Morgan fingerprint density at radius 1 is 1.29 bits per heavy atom. The summed E-state index contributed by atoms with van der Waals surface area (Å²) in [6.07, 6.45) is -0.597. The molecule has 1 aromatic heterocycles. The summed E-state index contributed by atoms with van der Waals surface area (Å²) in [6.45, 7) is 7.60. The molecule has 1 aromatic carbocycles. The van der Waals surface area contributed by atoms with Gasteiger partial charge in [-0.25, -0.2) is 4.79 Å². The lowest BCUT2D eigenvalue weighted by Crippen LogP contribution is -2.27. The van der Waals surface area contributed by atoms with Crippen molar-refractivity contribution in [2.75, 3.05) is 17.7 Å². The van der Waals surface area contributed by atoms with Crippen LogP contribution in [0.4, 0.5) is 16.2 Å². The fourth-order valence-electron chi connectivity index (χ4n) is 2.17. The molecule has 8 heteroatoms. The van der Waals surface area contributed by atoms with Gasteiger partial charge in [0.25, 0.3) is 5.91 Å². The number of carbonyl (C=O) groups excluding carboxylic acids is 2. The summed E-state index contributed by atoms with van der Waals surface area (Å²) in [5, 5.41) is 3.24. The van der Waals surface area contributed by atoms with Gasteiger partial charge in [-0.05, 0) is 39.8 Å². The van der Waals surface area contributed by atoms with Crippen LogP contribution in [0.25, 0.3) is 10.1 Å². The van der Waals surface area contributed by atoms with Gasteiger partial charge in [0.2, 0.25) is 0 Å². The quantitative estimate of drug-likeness (QED) is 0.781. The summed E-state index contributed by atoms with van der Waals surface area (Å²) in [6, 6.07) is 3.37. The largest absolute Gasteiger partial charge is 0.493 e. The number of rotatable bonds is 4. The third-order valence-electron chi connectivity index (χ3n) is 3.00. The molecule has 0 saturated carbocycles. The van der Waals surface area contributed by atoms with E-state index in [2.05, 4.69) is 5.32 Å². The molecule has 0 unspecified atom stereocenters. The van der Waals surface area contributed by atoms with E-state index < -0.39 is 17.6 Å². The van der Waals surface area contributed by atoms with Crippen molar-refractivity contribution in [1.82, 2.24) is 0 Å². The van der Waals surface area contributed by atoms with Crippen molar-refractivity contribution in [3.05, 3.63) is 17.0 Å². The van der Waals surface area contributed by atoms with Gasteiger partial charge in [0, 0.05) is 0 Å². The maximum Gasteiger partial charge on any atom is 0.412 e. The number of amides is 2. The maximum absolute atomic E-state index is 12.0. The summed E-state index contributed by atoms with van der Waals surface area (Å²) in [5.41, 5.74) is 11.5. The lowest BCUT2D eigenvalue weighted by Gasteiger charge is -2.20. The zero-order chi connectivity index (χ0) is 18.1. The number of fused-ring (bicyclic) bond motifs is 1. The van der Waals surface area contributed by atoms with Crippen LogP contribution >= 0.6 is 11.3 Å². The molecule has 7 nitrogen and oxygen atoms in total. The van der Waals surface area contributed by atoms with Crippen molar-refractivity contribution in [2.45, 2.75) is 33.3 Å². The number of hydrogen-bond acceptors (Lipinski definition) is 6. The first-order valence-electron chi connectivity index (χ1n) is 7.41. The highest BCUT2D eigenvalue weighted by molar-refractivity contribution is 7.22. The highest BCUT2D eigenvalue weighted by Gasteiger charge is 2.22. The Morgan fingerprint density at radius 3 is 2.50 bits per heavy atom. The molecule has 130 valence electrons. The number of nitrogens with one attached hydrogen (secondary N) is 1.